The fourth-order valence-electron chi connectivity index (χ4n) is 3.12. The molecule has 1 unspecified atom stereocenters. The predicted molar refractivity (Wildman–Crippen MR) is 131 cm³/mol. The van der Waals surface area contributed by atoms with Gasteiger partial charge in [0.1, 0.15) is 17.9 Å². The number of nitrogens with one attached hydrogen (secondary N) is 3. The number of amides is 1. The molecule has 2 aromatic carbocycles. The van der Waals surface area contributed by atoms with E-state index in [0.29, 0.717) is 45.6 Å². The molecule has 1 fully saturated rings. The quantitative estimate of drug-likeness (QED) is 0.319. The van der Waals surface area contributed by atoms with Gasteiger partial charge in [-0.15, -0.1) is 0 Å². The third kappa shape index (κ3) is 5.63. The Balaban J connectivity index is 1.60. The van der Waals surface area contributed by atoms with E-state index >= 15 is 0 Å². The maximum Gasteiger partial charge on any atom is 0.255 e. The maximum absolute atomic E-state index is 12.7. The Morgan fingerprint density at radius 3 is 2.64 bits per heavy atom. The van der Waals surface area contributed by atoms with Crippen molar-refractivity contribution >= 4 is 58.8 Å². The summed E-state index contributed by atoms with van der Waals surface area (Å²) in [5, 5.41) is 10.0. The number of epoxide rings is 1. The third-order valence-electron chi connectivity index (χ3n) is 4.82. The number of rotatable bonds is 8. The van der Waals surface area contributed by atoms with Gasteiger partial charge < -0.3 is 30.0 Å². The number of carbonyl (C=O) groups is 1. The monoisotopic (exact) mass is 487 g/mol. The van der Waals surface area contributed by atoms with Gasteiger partial charge in [-0.3, -0.25) is 4.79 Å². The smallest absolute Gasteiger partial charge is 0.255 e. The second-order valence-corrected chi connectivity index (χ2v) is 11.3. The first-order valence-electron chi connectivity index (χ1n) is 10.1. The highest BCUT2D eigenvalue weighted by molar-refractivity contribution is 7.70. The van der Waals surface area contributed by atoms with Crippen molar-refractivity contribution in [1.82, 2.24) is 9.97 Å². The van der Waals surface area contributed by atoms with Gasteiger partial charge in [-0.2, -0.15) is 4.98 Å². The SMILES string of the molecule is COc1ccc(NC(=O)C2CO2)cc1Nc1ncc(Cl)c(Nc2ccccc2P(C)(C)=O)n1. The molecule has 1 amide bonds. The predicted octanol–water partition coefficient (Wildman–Crippen LogP) is 4.21. The van der Waals surface area contributed by atoms with E-state index in [4.69, 9.17) is 21.1 Å². The van der Waals surface area contributed by atoms with Crippen molar-refractivity contribution in [3.63, 3.8) is 0 Å². The molecule has 172 valence electrons. The van der Waals surface area contributed by atoms with E-state index in [9.17, 15) is 9.36 Å². The lowest BCUT2D eigenvalue weighted by Crippen LogP contribution is -2.17. The zero-order valence-corrected chi connectivity index (χ0v) is 19.9. The summed E-state index contributed by atoms with van der Waals surface area (Å²) in [6.45, 7) is 3.83. The molecule has 1 atom stereocenters. The number of ether oxygens (including phenoxy) is 2. The largest absolute Gasteiger partial charge is 0.495 e. The number of carbonyl (C=O) groups excluding carboxylic acids is 1. The molecule has 3 aromatic rings. The lowest BCUT2D eigenvalue weighted by atomic mass is 10.2. The van der Waals surface area contributed by atoms with E-state index in [-0.39, 0.29) is 11.9 Å². The summed E-state index contributed by atoms with van der Waals surface area (Å²) in [5.41, 5.74) is 1.77. The van der Waals surface area contributed by atoms with Crippen molar-refractivity contribution in [1.29, 1.82) is 0 Å². The maximum atomic E-state index is 12.7. The van der Waals surface area contributed by atoms with Gasteiger partial charge >= 0.3 is 0 Å². The zero-order valence-electron chi connectivity index (χ0n) is 18.3. The van der Waals surface area contributed by atoms with Gasteiger partial charge in [-0.05, 0) is 43.7 Å². The molecule has 0 bridgehead atoms. The lowest BCUT2D eigenvalue weighted by Gasteiger charge is -2.16. The average molecular weight is 488 g/mol. The fraction of sp³-hybridized carbons (Fsp3) is 0.227. The van der Waals surface area contributed by atoms with Gasteiger partial charge in [0.2, 0.25) is 5.95 Å². The molecule has 1 aromatic heterocycles. The molecule has 0 aliphatic carbocycles. The first-order chi connectivity index (χ1) is 15.7. The first-order valence-corrected chi connectivity index (χ1v) is 13.0. The van der Waals surface area contributed by atoms with Crippen molar-refractivity contribution in [2.45, 2.75) is 6.10 Å². The van der Waals surface area contributed by atoms with Crippen LogP contribution < -0.4 is 26.0 Å². The molecule has 0 saturated carbocycles. The van der Waals surface area contributed by atoms with Gasteiger partial charge in [-0.25, -0.2) is 4.98 Å². The van der Waals surface area contributed by atoms with Crippen molar-refractivity contribution in [3.8, 4) is 5.75 Å². The van der Waals surface area contributed by atoms with Crippen LogP contribution in [0.2, 0.25) is 5.02 Å². The van der Waals surface area contributed by atoms with Gasteiger partial charge in [0.15, 0.2) is 11.9 Å². The van der Waals surface area contributed by atoms with Gasteiger partial charge in [0.05, 0.1) is 31.3 Å². The summed E-state index contributed by atoms with van der Waals surface area (Å²) < 4.78 is 23.1. The summed E-state index contributed by atoms with van der Waals surface area (Å²) in [4.78, 5) is 20.7. The van der Waals surface area contributed by atoms with E-state index in [0.717, 1.165) is 0 Å². The summed E-state index contributed by atoms with van der Waals surface area (Å²) in [6.07, 6.45) is 1.06. The molecule has 3 N–H and O–H groups in total. The highest BCUT2D eigenvalue weighted by Crippen LogP contribution is 2.39. The van der Waals surface area contributed by atoms with Crippen molar-refractivity contribution in [2.75, 3.05) is 43.0 Å². The molecular formula is C22H23ClN5O4P. The van der Waals surface area contributed by atoms with Crippen LogP contribution in [0.1, 0.15) is 0 Å². The van der Waals surface area contributed by atoms with Crippen LogP contribution in [-0.2, 0) is 14.1 Å². The van der Waals surface area contributed by atoms with E-state index in [1.54, 1.807) is 31.5 Å². The minimum absolute atomic E-state index is 0.205. The molecule has 0 radical (unpaired) electrons. The van der Waals surface area contributed by atoms with E-state index in [1.165, 1.54) is 13.3 Å². The van der Waals surface area contributed by atoms with Gasteiger partial charge in [-0.1, -0.05) is 23.7 Å². The zero-order chi connectivity index (χ0) is 23.6. The Hall–Kier alpha value is -3.13. The van der Waals surface area contributed by atoms with Crippen LogP contribution in [0.5, 0.6) is 5.75 Å². The minimum Gasteiger partial charge on any atom is -0.495 e. The molecular weight excluding hydrogens is 465 g/mol. The number of aromatic nitrogens is 2. The number of hydrogen-bond donors (Lipinski definition) is 3. The third-order valence-corrected chi connectivity index (χ3v) is 6.65. The van der Waals surface area contributed by atoms with Crippen LogP contribution in [0.4, 0.5) is 28.8 Å². The molecule has 1 saturated heterocycles. The van der Waals surface area contributed by atoms with Crippen molar-refractivity contribution < 1.29 is 18.8 Å². The van der Waals surface area contributed by atoms with Gasteiger partial charge in [0, 0.05) is 11.0 Å². The fourth-order valence-corrected chi connectivity index (χ4v) is 4.41. The number of halogens is 1. The van der Waals surface area contributed by atoms with Crippen molar-refractivity contribution in [2.24, 2.45) is 0 Å². The van der Waals surface area contributed by atoms with Crippen LogP contribution in [0.3, 0.4) is 0 Å². The number of nitrogens with zero attached hydrogens (tertiary/aromatic N) is 2. The molecule has 1 aliphatic rings. The van der Waals surface area contributed by atoms with Gasteiger partial charge in [0.25, 0.3) is 5.91 Å². The topological polar surface area (TPSA) is 118 Å². The van der Waals surface area contributed by atoms with Crippen LogP contribution in [0.25, 0.3) is 0 Å². The standard InChI is InChI=1S/C22H23ClN5O4P/c1-31-17-9-8-13(25-21(29)18-12-32-18)10-16(17)27-22-24-11-14(23)20(28-22)26-15-6-4-5-7-19(15)33(2,3)30/h4-11,18H,12H2,1-3H3,(H,25,29)(H2,24,26,27,28). The molecule has 0 spiro atoms. The molecule has 11 heteroatoms. The minimum atomic E-state index is -2.53. The highest BCUT2D eigenvalue weighted by Gasteiger charge is 2.31. The Bertz CT molecular complexity index is 1250. The summed E-state index contributed by atoms with van der Waals surface area (Å²) in [5.74, 6) is 0.933. The molecule has 33 heavy (non-hydrogen) atoms. The number of anilines is 5. The van der Waals surface area contributed by atoms with Crippen LogP contribution >= 0.6 is 18.7 Å². The Kier molecular flexibility index (Phi) is 6.56. The van der Waals surface area contributed by atoms with Crippen LogP contribution in [0.15, 0.2) is 48.7 Å². The lowest BCUT2D eigenvalue weighted by molar-refractivity contribution is -0.117. The molecule has 4 rings (SSSR count). The van der Waals surface area contributed by atoms with Crippen LogP contribution in [0, 0.1) is 0 Å². The second kappa shape index (κ2) is 9.39. The number of methoxy groups -OCH3 is 1. The van der Waals surface area contributed by atoms with E-state index in [2.05, 4.69) is 25.9 Å². The summed E-state index contributed by atoms with van der Waals surface area (Å²) in [6, 6.07) is 12.5. The average Bonchev–Trinajstić information content (AvgIpc) is 3.62. The Morgan fingerprint density at radius 2 is 1.94 bits per heavy atom. The Morgan fingerprint density at radius 1 is 1.18 bits per heavy atom. The van der Waals surface area contributed by atoms with Crippen molar-refractivity contribution in [3.05, 3.63) is 53.7 Å². The van der Waals surface area contributed by atoms with Crippen LogP contribution in [-0.4, -0.2) is 49.0 Å². The van der Waals surface area contributed by atoms with E-state index < -0.39 is 13.2 Å². The number of para-hydroxylation sites is 1. The number of hydrogen-bond acceptors (Lipinski definition) is 8. The summed E-state index contributed by atoms with van der Waals surface area (Å²) in [7, 11) is -0.991. The van der Waals surface area contributed by atoms with E-state index in [1.807, 2.05) is 24.3 Å². The molecule has 2 heterocycles. The normalized spacial score (nSPS) is 15.0. The first kappa shape index (κ1) is 23.0. The molecule has 9 nitrogen and oxygen atoms in total. The molecule has 1 aliphatic heterocycles. The number of benzene rings is 2. The second-order valence-electron chi connectivity index (χ2n) is 7.73. The summed E-state index contributed by atoms with van der Waals surface area (Å²) >= 11 is 6.32. The Labute approximate surface area is 196 Å². The highest BCUT2D eigenvalue weighted by atomic mass is 35.5.